The van der Waals surface area contributed by atoms with Gasteiger partial charge in [-0.2, -0.15) is 0 Å². The number of nitrogens with zero attached hydrogens (tertiary/aromatic N) is 3. The third-order valence-corrected chi connectivity index (χ3v) is 4.70. The van der Waals surface area contributed by atoms with Crippen LogP contribution in [-0.2, 0) is 14.3 Å². The molecule has 2 saturated heterocycles. The number of hydrogen-bond acceptors (Lipinski definition) is 4. The molecule has 0 aromatic rings. The smallest absolute Gasteiger partial charge is 0.242 e. The second-order valence-corrected chi connectivity index (χ2v) is 6.46. The SMILES string of the molecule is CC(=O)N(CCN1CCOCC1)CC(=O)N1CCC(C)CC1. The van der Waals surface area contributed by atoms with Crippen LogP contribution >= 0.6 is 0 Å². The number of rotatable bonds is 5. The molecule has 0 spiro atoms. The van der Waals surface area contributed by atoms with Gasteiger partial charge in [-0.25, -0.2) is 0 Å². The van der Waals surface area contributed by atoms with Crippen molar-refractivity contribution in [3.63, 3.8) is 0 Å². The lowest BCUT2D eigenvalue weighted by molar-refractivity contribution is -0.140. The highest BCUT2D eigenvalue weighted by Crippen LogP contribution is 2.16. The van der Waals surface area contributed by atoms with Crippen molar-refractivity contribution in [1.29, 1.82) is 0 Å². The van der Waals surface area contributed by atoms with Crippen molar-refractivity contribution in [2.24, 2.45) is 5.92 Å². The predicted octanol–water partition coefficient (Wildman–Crippen LogP) is 0.426. The van der Waals surface area contributed by atoms with Crippen molar-refractivity contribution in [2.45, 2.75) is 26.7 Å². The Morgan fingerprint density at radius 3 is 2.36 bits per heavy atom. The Labute approximate surface area is 133 Å². The predicted molar refractivity (Wildman–Crippen MR) is 84.5 cm³/mol. The maximum Gasteiger partial charge on any atom is 0.242 e. The summed E-state index contributed by atoms with van der Waals surface area (Å²) in [6.07, 6.45) is 2.14. The molecule has 6 nitrogen and oxygen atoms in total. The molecule has 2 fully saturated rings. The molecule has 2 amide bonds. The number of likely N-dealkylation sites (tertiary alicyclic amines) is 1. The van der Waals surface area contributed by atoms with Crippen LogP contribution in [0.1, 0.15) is 26.7 Å². The molecule has 0 aromatic heterocycles. The Kier molecular flexibility index (Phi) is 6.64. The van der Waals surface area contributed by atoms with Gasteiger partial charge in [0.25, 0.3) is 0 Å². The van der Waals surface area contributed by atoms with Gasteiger partial charge in [0.15, 0.2) is 0 Å². The van der Waals surface area contributed by atoms with E-state index in [2.05, 4.69) is 11.8 Å². The maximum absolute atomic E-state index is 12.4. The van der Waals surface area contributed by atoms with Gasteiger partial charge in [0.05, 0.1) is 19.8 Å². The van der Waals surface area contributed by atoms with E-state index in [0.29, 0.717) is 12.5 Å². The minimum Gasteiger partial charge on any atom is -0.379 e. The van der Waals surface area contributed by atoms with Gasteiger partial charge < -0.3 is 14.5 Å². The summed E-state index contributed by atoms with van der Waals surface area (Å²) in [6.45, 7) is 10.4. The highest BCUT2D eigenvalue weighted by atomic mass is 16.5. The second-order valence-electron chi connectivity index (χ2n) is 6.46. The van der Waals surface area contributed by atoms with Crippen LogP contribution in [0.5, 0.6) is 0 Å². The van der Waals surface area contributed by atoms with Gasteiger partial charge in [-0.3, -0.25) is 14.5 Å². The van der Waals surface area contributed by atoms with Crippen LogP contribution in [0, 0.1) is 5.92 Å². The first-order valence-corrected chi connectivity index (χ1v) is 8.39. The Balaban J connectivity index is 1.77. The molecule has 126 valence electrons. The van der Waals surface area contributed by atoms with Gasteiger partial charge in [-0.1, -0.05) is 6.92 Å². The second kappa shape index (κ2) is 8.48. The Morgan fingerprint density at radius 1 is 1.14 bits per heavy atom. The van der Waals surface area contributed by atoms with E-state index in [1.807, 2.05) is 4.90 Å². The highest BCUT2D eigenvalue weighted by Gasteiger charge is 2.23. The van der Waals surface area contributed by atoms with Crippen molar-refractivity contribution >= 4 is 11.8 Å². The number of carbonyl (C=O) groups is 2. The van der Waals surface area contributed by atoms with Gasteiger partial charge in [-0.15, -0.1) is 0 Å². The summed E-state index contributed by atoms with van der Waals surface area (Å²) < 4.78 is 5.32. The molecule has 0 aromatic carbocycles. The molecule has 0 saturated carbocycles. The summed E-state index contributed by atoms with van der Waals surface area (Å²) in [5, 5.41) is 0. The molecule has 0 atom stereocenters. The van der Waals surface area contributed by atoms with Crippen molar-refractivity contribution in [3.05, 3.63) is 0 Å². The van der Waals surface area contributed by atoms with Crippen LogP contribution in [0.25, 0.3) is 0 Å². The lowest BCUT2D eigenvalue weighted by atomic mass is 9.99. The lowest BCUT2D eigenvalue weighted by Gasteiger charge is -2.33. The van der Waals surface area contributed by atoms with Crippen LogP contribution < -0.4 is 0 Å². The Morgan fingerprint density at radius 2 is 1.77 bits per heavy atom. The van der Waals surface area contributed by atoms with E-state index in [9.17, 15) is 9.59 Å². The van der Waals surface area contributed by atoms with Gasteiger partial charge in [0, 0.05) is 46.2 Å². The molecule has 2 aliphatic heterocycles. The first kappa shape index (κ1) is 17.2. The molecule has 22 heavy (non-hydrogen) atoms. The van der Waals surface area contributed by atoms with Gasteiger partial charge in [-0.05, 0) is 18.8 Å². The third kappa shape index (κ3) is 5.25. The zero-order valence-electron chi connectivity index (χ0n) is 13.9. The lowest BCUT2D eigenvalue weighted by Crippen LogP contribution is -2.48. The minimum atomic E-state index is -0.0213. The van der Waals surface area contributed by atoms with E-state index >= 15 is 0 Å². The van der Waals surface area contributed by atoms with E-state index in [1.54, 1.807) is 11.8 Å². The quantitative estimate of drug-likeness (QED) is 0.739. The fourth-order valence-electron chi connectivity index (χ4n) is 2.96. The summed E-state index contributed by atoms with van der Waals surface area (Å²) in [5.41, 5.74) is 0. The van der Waals surface area contributed by atoms with E-state index < -0.39 is 0 Å². The standard InChI is InChI=1S/C16H29N3O3/c1-14-3-5-18(6-4-14)16(21)13-19(15(2)20)8-7-17-9-11-22-12-10-17/h14H,3-13H2,1-2H3. The maximum atomic E-state index is 12.4. The first-order valence-electron chi connectivity index (χ1n) is 8.39. The summed E-state index contributed by atoms with van der Waals surface area (Å²) in [4.78, 5) is 30.0. The molecule has 0 N–H and O–H groups in total. The van der Waals surface area contributed by atoms with Crippen LogP contribution in [-0.4, -0.2) is 85.5 Å². The van der Waals surface area contributed by atoms with Crippen molar-refractivity contribution in [3.8, 4) is 0 Å². The van der Waals surface area contributed by atoms with E-state index in [1.165, 1.54) is 0 Å². The average Bonchev–Trinajstić information content (AvgIpc) is 2.52. The fourth-order valence-corrected chi connectivity index (χ4v) is 2.96. The van der Waals surface area contributed by atoms with Gasteiger partial charge >= 0.3 is 0 Å². The zero-order chi connectivity index (χ0) is 15.9. The largest absolute Gasteiger partial charge is 0.379 e. The molecular weight excluding hydrogens is 282 g/mol. The molecule has 0 bridgehead atoms. The van der Waals surface area contributed by atoms with Gasteiger partial charge in [0.2, 0.25) is 11.8 Å². The number of carbonyl (C=O) groups excluding carboxylic acids is 2. The van der Waals surface area contributed by atoms with Gasteiger partial charge in [0.1, 0.15) is 0 Å². The zero-order valence-corrected chi connectivity index (χ0v) is 13.9. The number of amides is 2. The molecule has 2 rings (SSSR count). The van der Waals surface area contributed by atoms with Crippen LogP contribution in [0.3, 0.4) is 0 Å². The summed E-state index contributed by atoms with van der Waals surface area (Å²) in [7, 11) is 0. The van der Waals surface area contributed by atoms with Crippen LogP contribution in [0.2, 0.25) is 0 Å². The highest BCUT2D eigenvalue weighted by molar-refractivity contribution is 5.83. The molecule has 0 unspecified atom stereocenters. The fraction of sp³-hybridized carbons (Fsp3) is 0.875. The normalized spacial score (nSPS) is 20.9. The molecular formula is C16H29N3O3. The minimum absolute atomic E-state index is 0.0213. The average molecular weight is 311 g/mol. The third-order valence-electron chi connectivity index (χ3n) is 4.70. The number of piperidine rings is 1. The molecule has 2 aliphatic rings. The molecule has 2 heterocycles. The molecule has 0 aliphatic carbocycles. The Bertz CT molecular complexity index is 375. The topological polar surface area (TPSA) is 53.1 Å². The Hall–Kier alpha value is -1.14. The molecule has 0 radical (unpaired) electrons. The number of hydrogen-bond donors (Lipinski definition) is 0. The summed E-state index contributed by atoms with van der Waals surface area (Å²) in [5.74, 6) is 0.769. The summed E-state index contributed by atoms with van der Waals surface area (Å²) >= 11 is 0. The van der Waals surface area contributed by atoms with Crippen molar-refractivity contribution < 1.29 is 14.3 Å². The van der Waals surface area contributed by atoms with Crippen LogP contribution in [0.15, 0.2) is 0 Å². The summed E-state index contributed by atoms with van der Waals surface area (Å²) in [6, 6.07) is 0. The van der Waals surface area contributed by atoms with E-state index in [4.69, 9.17) is 4.74 Å². The van der Waals surface area contributed by atoms with Crippen molar-refractivity contribution in [1.82, 2.24) is 14.7 Å². The van der Waals surface area contributed by atoms with E-state index in [0.717, 1.165) is 58.8 Å². The molecule has 6 heteroatoms. The van der Waals surface area contributed by atoms with E-state index in [-0.39, 0.29) is 18.4 Å². The van der Waals surface area contributed by atoms with Crippen LogP contribution in [0.4, 0.5) is 0 Å². The monoisotopic (exact) mass is 311 g/mol. The number of morpholine rings is 1. The van der Waals surface area contributed by atoms with Crippen molar-refractivity contribution in [2.75, 3.05) is 59.0 Å². The first-order chi connectivity index (χ1) is 10.6. The number of ether oxygens (including phenoxy) is 1.